The molecule has 9 nitrogen and oxygen atoms in total. The number of nitrogens with zero attached hydrogens (tertiary/aromatic N) is 8. The molecule has 1 saturated heterocycles. The van der Waals surface area contributed by atoms with Crippen LogP contribution in [0.5, 0.6) is 0 Å². The fourth-order valence-electron chi connectivity index (χ4n) is 3.97. The van der Waals surface area contributed by atoms with Crippen molar-refractivity contribution in [1.29, 1.82) is 0 Å². The molecule has 0 bridgehead atoms. The second-order valence-corrected chi connectivity index (χ2v) is 7.60. The number of carbonyl (C=O) groups is 1. The highest BCUT2D eigenvalue weighted by atomic mass is 19.4. The van der Waals surface area contributed by atoms with E-state index in [1.807, 2.05) is 0 Å². The highest BCUT2D eigenvalue weighted by Crippen LogP contribution is 2.31. The van der Waals surface area contributed by atoms with Gasteiger partial charge in [-0.25, -0.2) is 4.68 Å². The fourth-order valence-corrected chi connectivity index (χ4v) is 3.97. The summed E-state index contributed by atoms with van der Waals surface area (Å²) in [6.07, 6.45) is -0.607. The lowest BCUT2D eigenvalue weighted by Gasteiger charge is -2.32. The highest BCUT2D eigenvalue weighted by molar-refractivity contribution is 5.94. The predicted octanol–water partition coefficient (Wildman–Crippen LogP) is 2.74. The van der Waals surface area contributed by atoms with Crippen LogP contribution in [0.3, 0.4) is 0 Å². The molecule has 4 heterocycles. The molecule has 4 aromatic rings. The van der Waals surface area contributed by atoms with E-state index in [4.69, 9.17) is 0 Å². The monoisotopic (exact) mass is 442 g/mol. The van der Waals surface area contributed by atoms with Crippen LogP contribution in [-0.2, 0) is 6.18 Å². The number of pyridine rings is 1. The summed E-state index contributed by atoms with van der Waals surface area (Å²) in [6.45, 7) is 0.889. The summed E-state index contributed by atoms with van der Waals surface area (Å²) in [5.41, 5.74) is 0.696. The molecule has 32 heavy (non-hydrogen) atoms. The Hall–Kier alpha value is -3.83. The van der Waals surface area contributed by atoms with Crippen LogP contribution < -0.4 is 0 Å². The van der Waals surface area contributed by atoms with Gasteiger partial charge in [-0.1, -0.05) is 6.07 Å². The van der Waals surface area contributed by atoms with Crippen LogP contribution in [0, 0.1) is 0 Å². The van der Waals surface area contributed by atoms with Crippen LogP contribution in [0.4, 0.5) is 13.2 Å². The Balaban J connectivity index is 1.40. The van der Waals surface area contributed by atoms with Crippen molar-refractivity contribution in [2.24, 2.45) is 0 Å². The van der Waals surface area contributed by atoms with Gasteiger partial charge in [0.1, 0.15) is 12.2 Å². The van der Waals surface area contributed by atoms with Crippen LogP contribution in [0.15, 0.2) is 48.9 Å². The Morgan fingerprint density at radius 3 is 2.78 bits per heavy atom. The molecule has 1 aliphatic rings. The lowest BCUT2D eigenvalue weighted by molar-refractivity contribution is -0.137. The van der Waals surface area contributed by atoms with Crippen molar-refractivity contribution in [3.05, 3.63) is 65.9 Å². The van der Waals surface area contributed by atoms with Crippen LogP contribution in [-0.4, -0.2) is 58.7 Å². The summed E-state index contributed by atoms with van der Waals surface area (Å²) >= 11 is 0. The SMILES string of the molecule is O=C(c1cccc(-n2cnnn2)c1)N1CCCC(c2nnc3ccc(C(F)(F)F)cn23)C1. The van der Waals surface area contributed by atoms with E-state index in [2.05, 4.69) is 25.7 Å². The van der Waals surface area contributed by atoms with E-state index in [1.54, 1.807) is 29.2 Å². The normalized spacial score (nSPS) is 17.1. The minimum absolute atomic E-state index is 0.172. The molecule has 1 unspecified atom stereocenters. The molecule has 0 spiro atoms. The molecule has 0 saturated carbocycles. The van der Waals surface area contributed by atoms with Gasteiger partial charge in [-0.15, -0.1) is 15.3 Å². The minimum atomic E-state index is -4.46. The lowest BCUT2D eigenvalue weighted by atomic mass is 9.96. The molecule has 12 heteroatoms. The van der Waals surface area contributed by atoms with Crippen LogP contribution >= 0.6 is 0 Å². The number of benzene rings is 1. The van der Waals surface area contributed by atoms with Crippen LogP contribution in [0.2, 0.25) is 0 Å². The number of fused-ring (bicyclic) bond motifs is 1. The average Bonchev–Trinajstić information content (AvgIpc) is 3.48. The van der Waals surface area contributed by atoms with Crippen molar-refractivity contribution in [1.82, 2.24) is 39.7 Å². The Morgan fingerprint density at radius 1 is 1.12 bits per heavy atom. The van der Waals surface area contributed by atoms with E-state index in [9.17, 15) is 18.0 Å². The molecular formula is C20H17F3N8O. The van der Waals surface area contributed by atoms with Crippen LogP contribution in [0.1, 0.15) is 40.5 Å². The Bertz CT molecular complexity index is 1270. The molecule has 5 rings (SSSR count). The van der Waals surface area contributed by atoms with Gasteiger partial charge in [-0.05, 0) is 53.6 Å². The minimum Gasteiger partial charge on any atom is -0.338 e. The smallest absolute Gasteiger partial charge is 0.338 e. The summed E-state index contributed by atoms with van der Waals surface area (Å²) in [6, 6.07) is 9.23. The average molecular weight is 442 g/mol. The number of piperidine rings is 1. The fraction of sp³-hybridized carbons (Fsp3) is 0.300. The van der Waals surface area contributed by atoms with Crippen molar-refractivity contribution in [3.63, 3.8) is 0 Å². The number of tetrazole rings is 1. The van der Waals surface area contributed by atoms with Gasteiger partial charge >= 0.3 is 6.18 Å². The molecule has 3 aromatic heterocycles. The zero-order valence-electron chi connectivity index (χ0n) is 16.6. The first-order valence-electron chi connectivity index (χ1n) is 9.95. The van der Waals surface area contributed by atoms with Crippen molar-refractivity contribution < 1.29 is 18.0 Å². The van der Waals surface area contributed by atoms with Crippen LogP contribution in [0.25, 0.3) is 11.3 Å². The number of hydrogen-bond donors (Lipinski definition) is 0. The highest BCUT2D eigenvalue weighted by Gasteiger charge is 2.33. The molecule has 0 radical (unpaired) electrons. The third-order valence-electron chi connectivity index (χ3n) is 5.54. The number of hydrogen-bond acceptors (Lipinski definition) is 6. The molecular weight excluding hydrogens is 425 g/mol. The third kappa shape index (κ3) is 3.67. The number of amides is 1. The summed E-state index contributed by atoms with van der Waals surface area (Å²) in [4.78, 5) is 14.9. The molecule has 164 valence electrons. The van der Waals surface area contributed by atoms with Gasteiger partial charge in [0.15, 0.2) is 5.65 Å². The second kappa shape index (κ2) is 7.70. The van der Waals surface area contributed by atoms with Gasteiger partial charge in [-0.2, -0.15) is 13.2 Å². The van der Waals surface area contributed by atoms with Gasteiger partial charge in [0.25, 0.3) is 5.91 Å². The number of alkyl halides is 3. The second-order valence-electron chi connectivity index (χ2n) is 7.60. The quantitative estimate of drug-likeness (QED) is 0.484. The summed E-state index contributed by atoms with van der Waals surface area (Å²) in [5.74, 6) is 0.0225. The zero-order chi connectivity index (χ0) is 22.3. The maximum atomic E-state index is 13.2. The van der Waals surface area contributed by atoms with E-state index >= 15 is 0 Å². The maximum Gasteiger partial charge on any atom is 0.417 e. The number of aromatic nitrogens is 7. The van der Waals surface area contributed by atoms with E-state index < -0.39 is 11.7 Å². The number of likely N-dealkylation sites (tertiary alicyclic amines) is 1. The molecule has 1 fully saturated rings. The van der Waals surface area contributed by atoms with Gasteiger partial charge in [-0.3, -0.25) is 9.20 Å². The molecule has 0 aliphatic carbocycles. The lowest BCUT2D eigenvalue weighted by Crippen LogP contribution is -2.39. The predicted molar refractivity (Wildman–Crippen MR) is 105 cm³/mol. The number of rotatable bonds is 3. The largest absolute Gasteiger partial charge is 0.417 e. The Labute approximate surface area is 179 Å². The number of halogens is 3. The Morgan fingerprint density at radius 2 is 2.00 bits per heavy atom. The summed E-state index contributed by atoms with van der Waals surface area (Å²) in [7, 11) is 0. The summed E-state index contributed by atoms with van der Waals surface area (Å²) in [5, 5.41) is 19.2. The molecule has 1 aromatic carbocycles. The van der Waals surface area contributed by atoms with Crippen molar-refractivity contribution in [2.45, 2.75) is 24.9 Å². The van der Waals surface area contributed by atoms with Crippen molar-refractivity contribution in [3.8, 4) is 5.69 Å². The van der Waals surface area contributed by atoms with Crippen molar-refractivity contribution in [2.75, 3.05) is 13.1 Å². The first kappa shape index (κ1) is 20.1. The summed E-state index contributed by atoms with van der Waals surface area (Å²) < 4.78 is 42.3. The van der Waals surface area contributed by atoms with E-state index in [1.165, 1.54) is 21.5 Å². The van der Waals surface area contributed by atoms with E-state index in [-0.39, 0.29) is 11.8 Å². The Kier molecular flexibility index (Phi) is 4.83. The van der Waals surface area contributed by atoms with Gasteiger partial charge < -0.3 is 4.90 Å². The molecule has 1 aliphatic heterocycles. The maximum absolute atomic E-state index is 13.2. The molecule has 0 N–H and O–H groups in total. The topological polar surface area (TPSA) is 94.1 Å². The van der Waals surface area contributed by atoms with E-state index in [0.29, 0.717) is 48.7 Å². The van der Waals surface area contributed by atoms with Gasteiger partial charge in [0.05, 0.1) is 11.3 Å². The van der Waals surface area contributed by atoms with E-state index in [0.717, 1.165) is 12.3 Å². The molecule has 1 amide bonds. The number of carbonyl (C=O) groups excluding carboxylic acids is 1. The first-order valence-corrected chi connectivity index (χ1v) is 9.95. The van der Waals surface area contributed by atoms with Gasteiger partial charge in [0.2, 0.25) is 0 Å². The first-order chi connectivity index (χ1) is 15.4. The third-order valence-corrected chi connectivity index (χ3v) is 5.54. The molecule has 1 atom stereocenters. The van der Waals surface area contributed by atoms with Gasteiger partial charge in [0, 0.05) is 30.8 Å². The van der Waals surface area contributed by atoms with Crippen molar-refractivity contribution >= 4 is 11.6 Å². The zero-order valence-corrected chi connectivity index (χ0v) is 16.6. The standard InChI is InChI=1S/C20H17F3N8O/c21-20(22,23)15-6-7-17-25-26-18(30(17)11-15)14-4-2-8-29(10-14)19(32)13-3-1-5-16(9-13)31-12-24-27-28-31/h1,3,5-7,9,11-12,14H,2,4,8,10H2.